The molecule has 0 atom stereocenters. The first-order valence-electron chi connectivity index (χ1n) is 7.95. The standard InChI is InChI=1S/C18H21NO7/c1-11-4-5-12(6-7-15(20)21)8-14(11)19-10-26-9-13(17(22)24-2)16(19)18(23)25-3/h4-5,8H,6-7,9-10H2,1-3H3,(H,20,21). The third kappa shape index (κ3) is 4.20. The molecule has 1 heterocycles. The number of aryl methyl sites for hydroxylation is 2. The highest BCUT2D eigenvalue weighted by atomic mass is 16.5. The zero-order valence-electron chi connectivity index (χ0n) is 14.9. The van der Waals surface area contributed by atoms with Gasteiger partial charge < -0.3 is 24.2 Å². The number of hydrogen-bond acceptors (Lipinski definition) is 7. The number of carboxylic acid groups (broad SMARTS) is 1. The molecule has 0 spiro atoms. The molecule has 0 aromatic heterocycles. The molecule has 140 valence electrons. The van der Waals surface area contributed by atoms with E-state index in [-0.39, 0.29) is 31.0 Å². The van der Waals surface area contributed by atoms with Gasteiger partial charge in [0.2, 0.25) is 0 Å². The summed E-state index contributed by atoms with van der Waals surface area (Å²) in [4.78, 5) is 36.7. The summed E-state index contributed by atoms with van der Waals surface area (Å²) in [7, 11) is 2.45. The van der Waals surface area contributed by atoms with Gasteiger partial charge in [-0.2, -0.15) is 0 Å². The fraction of sp³-hybridized carbons (Fsp3) is 0.389. The van der Waals surface area contributed by atoms with Crippen molar-refractivity contribution in [3.05, 3.63) is 40.6 Å². The van der Waals surface area contributed by atoms with Crippen LogP contribution in [0.1, 0.15) is 17.5 Å². The van der Waals surface area contributed by atoms with Crippen LogP contribution in [0, 0.1) is 6.92 Å². The Bertz CT molecular complexity index is 754. The molecule has 2 rings (SSSR count). The topological polar surface area (TPSA) is 102 Å². The average Bonchev–Trinajstić information content (AvgIpc) is 2.65. The Morgan fingerprint density at radius 1 is 1.19 bits per heavy atom. The lowest BCUT2D eigenvalue weighted by atomic mass is 10.0. The van der Waals surface area contributed by atoms with Crippen LogP contribution < -0.4 is 4.90 Å². The van der Waals surface area contributed by atoms with Crippen LogP contribution in [0.3, 0.4) is 0 Å². The number of aliphatic carboxylic acids is 1. The summed E-state index contributed by atoms with van der Waals surface area (Å²) in [5.74, 6) is -2.24. The minimum absolute atomic E-state index is 0.00783. The van der Waals surface area contributed by atoms with Crippen molar-refractivity contribution in [2.24, 2.45) is 0 Å². The number of carboxylic acids is 1. The molecule has 0 bridgehead atoms. The molecule has 0 radical (unpaired) electrons. The quantitative estimate of drug-likeness (QED) is 0.757. The van der Waals surface area contributed by atoms with Gasteiger partial charge in [0.1, 0.15) is 12.4 Å². The summed E-state index contributed by atoms with van der Waals surface area (Å²) in [5.41, 5.74) is 2.39. The first kappa shape index (κ1) is 19.5. The van der Waals surface area contributed by atoms with Crippen molar-refractivity contribution in [2.45, 2.75) is 19.8 Å². The number of methoxy groups -OCH3 is 2. The van der Waals surface area contributed by atoms with Crippen molar-refractivity contribution in [3.8, 4) is 0 Å². The molecule has 0 fully saturated rings. The Morgan fingerprint density at radius 2 is 1.88 bits per heavy atom. The molecular formula is C18H21NO7. The van der Waals surface area contributed by atoms with Crippen LogP contribution in [0.25, 0.3) is 0 Å². The number of anilines is 1. The molecule has 1 aliphatic heterocycles. The fourth-order valence-corrected chi connectivity index (χ4v) is 2.69. The van der Waals surface area contributed by atoms with Gasteiger partial charge in [-0.15, -0.1) is 0 Å². The Labute approximate surface area is 150 Å². The summed E-state index contributed by atoms with van der Waals surface area (Å²) >= 11 is 0. The van der Waals surface area contributed by atoms with E-state index >= 15 is 0 Å². The van der Waals surface area contributed by atoms with E-state index in [1.54, 1.807) is 11.0 Å². The Morgan fingerprint density at radius 3 is 2.50 bits per heavy atom. The molecule has 8 nitrogen and oxygen atoms in total. The molecule has 0 amide bonds. The van der Waals surface area contributed by atoms with Gasteiger partial charge in [0.05, 0.1) is 26.4 Å². The third-order valence-corrected chi connectivity index (χ3v) is 4.02. The molecule has 1 N–H and O–H groups in total. The van der Waals surface area contributed by atoms with Crippen molar-refractivity contribution >= 4 is 23.6 Å². The molecular weight excluding hydrogens is 342 g/mol. The molecule has 1 aromatic rings. The summed E-state index contributed by atoms with van der Waals surface area (Å²) in [6.07, 6.45) is 0.338. The van der Waals surface area contributed by atoms with Crippen LogP contribution in [0.15, 0.2) is 29.5 Å². The van der Waals surface area contributed by atoms with Crippen LogP contribution in [-0.2, 0) is 35.0 Å². The fourth-order valence-electron chi connectivity index (χ4n) is 2.69. The summed E-state index contributed by atoms with van der Waals surface area (Å²) in [6, 6.07) is 5.44. The highest BCUT2D eigenvalue weighted by molar-refractivity contribution is 6.03. The van der Waals surface area contributed by atoms with E-state index in [9.17, 15) is 14.4 Å². The van der Waals surface area contributed by atoms with Crippen LogP contribution >= 0.6 is 0 Å². The molecule has 0 aliphatic carbocycles. The first-order chi connectivity index (χ1) is 12.4. The number of ether oxygens (including phenoxy) is 3. The maximum atomic E-state index is 12.3. The second-order valence-corrected chi connectivity index (χ2v) is 5.73. The lowest BCUT2D eigenvalue weighted by Gasteiger charge is -2.32. The van der Waals surface area contributed by atoms with E-state index in [1.165, 1.54) is 14.2 Å². The van der Waals surface area contributed by atoms with Gasteiger partial charge in [0, 0.05) is 12.1 Å². The highest BCUT2D eigenvalue weighted by Gasteiger charge is 2.33. The third-order valence-electron chi connectivity index (χ3n) is 4.02. The lowest BCUT2D eigenvalue weighted by Crippen LogP contribution is -2.39. The van der Waals surface area contributed by atoms with Crippen LogP contribution in [0.5, 0.6) is 0 Å². The molecule has 8 heteroatoms. The maximum Gasteiger partial charge on any atom is 0.355 e. The van der Waals surface area contributed by atoms with Crippen molar-refractivity contribution in [3.63, 3.8) is 0 Å². The van der Waals surface area contributed by atoms with Crippen molar-refractivity contribution < 1.29 is 33.7 Å². The molecule has 0 unspecified atom stereocenters. The SMILES string of the molecule is COC(=O)C1=C(C(=O)OC)N(c2cc(CCC(=O)O)ccc2C)COC1. The number of carbonyl (C=O) groups is 3. The summed E-state index contributed by atoms with van der Waals surface area (Å²) in [6.45, 7) is 1.83. The van der Waals surface area contributed by atoms with Gasteiger partial charge in [-0.3, -0.25) is 4.79 Å². The summed E-state index contributed by atoms with van der Waals surface area (Å²) < 4.78 is 15.0. The predicted molar refractivity (Wildman–Crippen MR) is 91.5 cm³/mol. The maximum absolute atomic E-state index is 12.3. The number of esters is 2. The average molecular weight is 363 g/mol. The Hall–Kier alpha value is -2.87. The number of hydrogen-bond donors (Lipinski definition) is 1. The number of benzene rings is 1. The van der Waals surface area contributed by atoms with E-state index < -0.39 is 17.9 Å². The minimum atomic E-state index is -0.892. The highest BCUT2D eigenvalue weighted by Crippen LogP contribution is 2.30. The number of nitrogens with zero attached hydrogens (tertiary/aromatic N) is 1. The first-order valence-corrected chi connectivity index (χ1v) is 7.95. The molecule has 0 saturated carbocycles. The molecule has 1 aromatic carbocycles. The van der Waals surface area contributed by atoms with E-state index in [4.69, 9.17) is 19.3 Å². The van der Waals surface area contributed by atoms with Crippen LogP contribution in [-0.4, -0.2) is 50.6 Å². The van der Waals surface area contributed by atoms with E-state index in [2.05, 4.69) is 0 Å². The van der Waals surface area contributed by atoms with E-state index in [0.29, 0.717) is 12.1 Å². The van der Waals surface area contributed by atoms with Crippen LogP contribution in [0.2, 0.25) is 0 Å². The van der Waals surface area contributed by atoms with Crippen molar-refractivity contribution in [2.75, 3.05) is 32.5 Å². The minimum Gasteiger partial charge on any atom is -0.481 e. The van der Waals surface area contributed by atoms with Gasteiger partial charge in [0.15, 0.2) is 0 Å². The Balaban J connectivity index is 2.50. The normalized spacial score (nSPS) is 14.2. The largest absolute Gasteiger partial charge is 0.481 e. The van der Waals surface area contributed by atoms with Crippen molar-refractivity contribution in [1.82, 2.24) is 0 Å². The second kappa shape index (κ2) is 8.48. The summed E-state index contributed by atoms with van der Waals surface area (Å²) in [5, 5.41) is 8.87. The van der Waals surface area contributed by atoms with E-state index in [1.807, 2.05) is 19.1 Å². The lowest BCUT2D eigenvalue weighted by molar-refractivity contribution is -0.140. The zero-order valence-corrected chi connectivity index (χ0v) is 14.9. The molecule has 0 saturated heterocycles. The van der Waals surface area contributed by atoms with Gasteiger partial charge in [-0.25, -0.2) is 9.59 Å². The monoisotopic (exact) mass is 363 g/mol. The van der Waals surface area contributed by atoms with Gasteiger partial charge in [0.25, 0.3) is 0 Å². The Kier molecular flexibility index (Phi) is 6.35. The molecule has 1 aliphatic rings. The number of rotatable bonds is 6. The number of carbonyl (C=O) groups excluding carboxylic acids is 2. The van der Waals surface area contributed by atoms with Gasteiger partial charge in [-0.1, -0.05) is 12.1 Å². The van der Waals surface area contributed by atoms with E-state index in [0.717, 1.165) is 11.1 Å². The predicted octanol–water partition coefficient (Wildman–Crippen LogP) is 1.41. The smallest absolute Gasteiger partial charge is 0.355 e. The van der Waals surface area contributed by atoms with Crippen molar-refractivity contribution in [1.29, 1.82) is 0 Å². The molecule has 26 heavy (non-hydrogen) atoms. The van der Waals surface area contributed by atoms with Gasteiger partial charge >= 0.3 is 17.9 Å². The van der Waals surface area contributed by atoms with Crippen LogP contribution in [0.4, 0.5) is 5.69 Å². The zero-order chi connectivity index (χ0) is 19.3. The second-order valence-electron chi connectivity index (χ2n) is 5.73. The van der Waals surface area contributed by atoms with Gasteiger partial charge in [-0.05, 0) is 30.5 Å².